The first-order valence-corrected chi connectivity index (χ1v) is 6.20. The third-order valence-corrected chi connectivity index (χ3v) is 3.19. The zero-order valence-electron chi connectivity index (χ0n) is 10.4. The summed E-state index contributed by atoms with van der Waals surface area (Å²) in [5, 5.41) is 3.85. The number of aryl methyl sites for hydroxylation is 2. The molecule has 3 heteroatoms. The second-order valence-corrected chi connectivity index (χ2v) is 4.79. The van der Waals surface area contributed by atoms with Crippen LogP contribution in [0, 0.1) is 19.7 Å². The minimum Gasteiger partial charge on any atom is -0.379 e. The molecule has 0 bridgehead atoms. The van der Waals surface area contributed by atoms with Crippen molar-refractivity contribution in [1.29, 1.82) is 0 Å². The first-order chi connectivity index (χ1) is 8.58. The van der Waals surface area contributed by atoms with Gasteiger partial charge in [0.2, 0.25) is 0 Å². The topological polar surface area (TPSA) is 12.0 Å². The van der Waals surface area contributed by atoms with Crippen LogP contribution < -0.4 is 5.32 Å². The van der Waals surface area contributed by atoms with Gasteiger partial charge in [0.05, 0.1) is 10.7 Å². The molecule has 0 radical (unpaired) electrons. The van der Waals surface area contributed by atoms with Crippen molar-refractivity contribution in [1.82, 2.24) is 0 Å². The Morgan fingerprint density at radius 1 is 1.17 bits per heavy atom. The molecule has 0 fully saturated rings. The quantitative estimate of drug-likeness (QED) is 0.846. The maximum Gasteiger partial charge on any atom is 0.128 e. The molecule has 0 saturated heterocycles. The van der Waals surface area contributed by atoms with Crippen molar-refractivity contribution in [2.75, 3.05) is 5.32 Å². The predicted molar refractivity (Wildman–Crippen MR) is 74.7 cm³/mol. The zero-order chi connectivity index (χ0) is 13.1. The summed E-state index contributed by atoms with van der Waals surface area (Å²) in [6.45, 7) is 4.35. The van der Waals surface area contributed by atoms with Gasteiger partial charge >= 0.3 is 0 Å². The highest BCUT2D eigenvalue weighted by molar-refractivity contribution is 6.33. The molecule has 2 rings (SSSR count). The number of nitrogens with one attached hydrogen (secondary N) is 1. The van der Waals surface area contributed by atoms with Gasteiger partial charge < -0.3 is 5.32 Å². The van der Waals surface area contributed by atoms with Crippen LogP contribution in [-0.2, 0) is 6.54 Å². The Morgan fingerprint density at radius 2 is 1.94 bits per heavy atom. The fraction of sp³-hybridized carbons (Fsp3) is 0.200. The van der Waals surface area contributed by atoms with Crippen LogP contribution in [0.5, 0.6) is 0 Å². The Bertz CT molecular complexity index is 546. The monoisotopic (exact) mass is 263 g/mol. The van der Waals surface area contributed by atoms with Gasteiger partial charge in [0.15, 0.2) is 0 Å². The van der Waals surface area contributed by atoms with Crippen LogP contribution >= 0.6 is 11.6 Å². The van der Waals surface area contributed by atoms with E-state index in [-0.39, 0.29) is 5.82 Å². The molecule has 0 atom stereocenters. The molecule has 0 aliphatic rings. The lowest BCUT2D eigenvalue weighted by Gasteiger charge is -2.12. The number of benzene rings is 2. The zero-order valence-corrected chi connectivity index (χ0v) is 11.2. The van der Waals surface area contributed by atoms with E-state index in [1.54, 1.807) is 6.07 Å². The molecule has 0 aromatic heterocycles. The van der Waals surface area contributed by atoms with E-state index >= 15 is 0 Å². The Balaban J connectivity index is 2.19. The summed E-state index contributed by atoms with van der Waals surface area (Å²) in [7, 11) is 0. The van der Waals surface area contributed by atoms with E-state index in [0.717, 1.165) is 16.8 Å². The van der Waals surface area contributed by atoms with Gasteiger partial charge in [0.25, 0.3) is 0 Å². The van der Waals surface area contributed by atoms with Crippen molar-refractivity contribution in [3.8, 4) is 0 Å². The highest BCUT2D eigenvalue weighted by Gasteiger charge is 2.06. The van der Waals surface area contributed by atoms with Crippen molar-refractivity contribution in [2.45, 2.75) is 20.4 Å². The van der Waals surface area contributed by atoms with Crippen molar-refractivity contribution in [2.24, 2.45) is 0 Å². The molecule has 94 valence electrons. The number of hydrogen-bond donors (Lipinski definition) is 1. The summed E-state index contributed by atoms with van der Waals surface area (Å²) >= 11 is 6.11. The number of para-hydroxylation sites is 1. The van der Waals surface area contributed by atoms with Gasteiger partial charge in [-0.3, -0.25) is 0 Å². The van der Waals surface area contributed by atoms with Gasteiger partial charge in [-0.2, -0.15) is 0 Å². The maximum absolute atomic E-state index is 13.6. The Hall–Kier alpha value is -1.54. The highest BCUT2D eigenvalue weighted by atomic mass is 35.5. The first kappa shape index (κ1) is 12.9. The molecule has 0 aliphatic heterocycles. The van der Waals surface area contributed by atoms with Gasteiger partial charge in [-0.1, -0.05) is 41.4 Å². The third-order valence-electron chi connectivity index (χ3n) is 2.88. The summed E-state index contributed by atoms with van der Waals surface area (Å²) in [5.74, 6) is -0.196. The van der Waals surface area contributed by atoms with Crippen LogP contribution in [0.4, 0.5) is 10.1 Å². The Morgan fingerprint density at radius 3 is 2.67 bits per heavy atom. The fourth-order valence-corrected chi connectivity index (χ4v) is 2.17. The minimum atomic E-state index is -0.196. The normalized spacial score (nSPS) is 10.4. The van der Waals surface area contributed by atoms with Crippen molar-refractivity contribution in [3.05, 3.63) is 63.9 Å². The molecule has 2 aromatic rings. The molecule has 0 unspecified atom stereocenters. The van der Waals surface area contributed by atoms with Crippen LogP contribution in [0.15, 0.2) is 36.4 Å². The van der Waals surface area contributed by atoms with E-state index < -0.39 is 0 Å². The number of hydrogen-bond acceptors (Lipinski definition) is 1. The van der Waals surface area contributed by atoms with Crippen LogP contribution in [-0.4, -0.2) is 0 Å². The molecule has 0 saturated carbocycles. The molecule has 0 spiro atoms. The van der Waals surface area contributed by atoms with E-state index in [2.05, 4.69) is 5.32 Å². The summed E-state index contributed by atoms with van der Waals surface area (Å²) in [6.07, 6.45) is 0. The van der Waals surface area contributed by atoms with Gasteiger partial charge in [-0.25, -0.2) is 4.39 Å². The lowest BCUT2D eigenvalue weighted by molar-refractivity contribution is 0.612. The Kier molecular flexibility index (Phi) is 3.87. The number of rotatable bonds is 3. The maximum atomic E-state index is 13.6. The fourth-order valence-electron chi connectivity index (χ4n) is 1.88. The highest BCUT2D eigenvalue weighted by Crippen LogP contribution is 2.26. The van der Waals surface area contributed by atoms with E-state index in [4.69, 9.17) is 11.6 Å². The molecule has 1 nitrogen and oxygen atoms in total. The van der Waals surface area contributed by atoms with Crippen LogP contribution in [0.1, 0.15) is 16.7 Å². The summed E-state index contributed by atoms with van der Waals surface area (Å²) in [5.41, 5.74) is 3.61. The van der Waals surface area contributed by atoms with Crippen LogP contribution in [0.2, 0.25) is 5.02 Å². The standard InChI is InChI=1S/C15H15ClFN/c1-10-6-7-14(17)12(8-10)9-18-15-11(2)4-3-5-13(15)16/h3-8,18H,9H2,1-2H3. The van der Waals surface area contributed by atoms with E-state index in [9.17, 15) is 4.39 Å². The molecule has 2 aromatic carbocycles. The van der Waals surface area contributed by atoms with E-state index in [1.807, 2.05) is 38.1 Å². The minimum absolute atomic E-state index is 0.196. The van der Waals surface area contributed by atoms with Gasteiger partial charge in [0.1, 0.15) is 5.82 Å². The lowest BCUT2D eigenvalue weighted by Crippen LogP contribution is -2.04. The molecule has 0 heterocycles. The van der Waals surface area contributed by atoms with Crippen molar-refractivity contribution < 1.29 is 4.39 Å². The van der Waals surface area contributed by atoms with Crippen molar-refractivity contribution >= 4 is 17.3 Å². The summed E-state index contributed by atoms with van der Waals surface area (Å²) in [6, 6.07) is 10.8. The molecular weight excluding hydrogens is 249 g/mol. The van der Waals surface area contributed by atoms with Crippen molar-refractivity contribution in [3.63, 3.8) is 0 Å². The predicted octanol–water partition coefficient (Wildman–Crippen LogP) is 4.71. The molecular formula is C15H15ClFN. The molecule has 1 N–H and O–H groups in total. The van der Waals surface area contributed by atoms with E-state index in [0.29, 0.717) is 17.1 Å². The van der Waals surface area contributed by atoms with E-state index in [1.165, 1.54) is 6.07 Å². The Labute approximate surface area is 112 Å². The lowest BCUT2D eigenvalue weighted by atomic mass is 10.1. The smallest absolute Gasteiger partial charge is 0.128 e. The van der Waals surface area contributed by atoms with Gasteiger partial charge in [0, 0.05) is 12.1 Å². The summed E-state index contributed by atoms with van der Waals surface area (Å²) in [4.78, 5) is 0. The average molecular weight is 264 g/mol. The average Bonchev–Trinajstić information content (AvgIpc) is 2.33. The largest absolute Gasteiger partial charge is 0.379 e. The summed E-state index contributed by atoms with van der Waals surface area (Å²) < 4.78 is 13.6. The number of halogens is 2. The van der Waals surface area contributed by atoms with Gasteiger partial charge in [-0.15, -0.1) is 0 Å². The van der Waals surface area contributed by atoms with Crippen LogP contribution in [0.3, 0.4) is 0 Å². The number of anilines is 1. The second kappa shape index (κ2) is 5.40. The van der Waals surface area contributed by atoms with Crippen LogP contribution in [0.25, 0.3) is 0 Å². The molecule has 0 amide bonds. The molecule has 18 heavy (non-hydrogen) atoms. The van der Waals surface area contributed by atoms with Gasteiger partial charge in [-0.05, 0) is 31.5 Å². The molecule has 0 aliphatic carbocycles. The first-order valence-electron chi connectivity index (χ1n) is 5.82. The third kappa shape index (κ3) is 2.82. The SMILES string of the molecule is Cc1ccc(F)c(CNc2c(C)cccc2Cl)c1. The second-order valence-electron chi connectivity index (χ2n) is 4.38.